The quantitative estimate of drug-likeness (QED) is 0.329. The third-order valence-electron chi connectivity index (χ3n) is 5.22. The minimum absolute atomic E-state index is 0.264. The van der Waals surface area contributed by atoms with Gasteiger partial charge in [0, 0.05) is 34.9 Å². The normalized spacial score (nSPS) is 12.1. The number of hydrogen-bond acceptors (Lipinski definition) is 4. The Kier molecular flexibility index (Phi) is 5.43. The van der Waals surface area contributed by atoms with Gasteiger partial charge in [0.25, 0.3) is 0 Å². The van der Waals surface area contributed by atoms with Crippen molar-refractivity contribution in [3.8, 4) is 0 Å². The largest absolute Gasteiger partial charge is 0.457 e. The van der Waals surface area contributed by atoms with Gasteiger partial charge in [-0.15, -0.1) is 0 Å². The number of ether oxygens (including phenoxy) is 1. The van der Waals surface area contributed by atoms with Gasteiger partial charge in [0.2, 0.25) is 0 Å². The van der Waals surface area contributed by atoms with Gasteiger partial charge in [-0.1, -0.05) is 43.3 Å². The van der Waals surface area contributed by atoms with E-state index in [-0.39, 0.29) is 12.6 Å². The highest BCUT2D eigenvalue weighted by molar-refractivity contribution is 6.13. The minimum atomic E-state index is -0.321. The highest BCUT2D eigenvalue weighted by Gasteiger charge is 2.12. The van der Waals surface area contributed by atoms with Gasteiger partial charge in [0.15, 0.2) is 0 Å². The maximum absolute atomic E-state index is 12.6. The number of hydrogen-bond donors (Lipinski definition) is 1. The van der Waals surface area contributed by atoms with Crippen LogP contribution >= 0.6 is 0 Å². The Labute approximate surface area is 170 Å². The zero-order valence-corrected chi connectivity index (χ0v) is 16.7. The zero-order chi connectivity index (χ0) is 20.2. The molecule has 0 spiro atoms. The predicted octanol–water partition coefficient (Wildman–Crippen LogP) is 5.96. The summed E-state index contributed by atoms with van der Waals surface area (Å²) in [6.45, 7) is 4.58. The molecule has 0 fully saturated rings. The summed E-state index contributed by atoms with van der Waals surface area (Å²) in [5, 5.41) is 7.84. The molecule has 146 valence electrons. The molecule has 0 aliphatic heterocycles. The number of rotatable bonds is 6. The summed E-state index contributed by atoms with van der Waals surface area (Å²) in [6.07, 6.45) is 4.72. The van der Waals surface area contributed by atoms with E-state index in [1.165, 1.54) is 0 Å². The first-order chi connectivity index (χ1) is 14.2. The van der Waals surface area contributed by atoms with Crippen LogP contribution in [0.4, 0.5) is 5.69 Å². The van der Waals surface area contributed by atoms with Gasteiger partial charge in [0.05, 0.1) is 5.56 Å². The first-order valence-corrected chi connectivity index (χ1v) is 9.94. The second kappa shape index (κ2) is 8.31. The molecule has 0 radical (unpaired) electrons. The van der Waals surface area contributed by atoms with Gasteiger partial charge >= 0.3 is 5.97 Å². The molecule has 4 heteroatoms. The number of carbonyl (C=O) groups excluding carboxylic acids is 1. The van der Waals surface area contributed by atoms with Gasteiger partial charge in [-0.2, -0.15) is 0 Å². The number of carbonyl (C=O) groups is 1. The first-order valence-electron chi connectivity index (χ1n) is 9.94. The molecule has 0 bridgehead atoms. The van der Waals surface area contributed by atoms with Crippen LogP contribution < -0.4 is 5.32 Å². The smallest absolute Gasteiger partial charge is 0.338 e. The Balaban J connectivity index is 1.69. The molecule has 0 saturated heterocycles. The van der Waals surface area contributed by atoms with Crippen molar-refractivity contribution in [2.75, 3.05) is 5.32 Å². The molecule has 1 heterocycles. The van der Waals surface area contributed by atoms with Crippen molar-refractivity contribution in [1.82, 2.24) is 4.98 Å². The molecular weight excluding hydrogens is 360 g/mol. The summed E-state index contributed by atoms with van der Waals surface area (Å²) >= 11 is 0. The van der Waals surface area contributed by atoms with E-state index in [2.05, 4.69) is 30.2 Å². The number of esters is 1. The van der Waals surface area contributed by atoms with E-state index in [4.69, 9.17) is 4.74 Å². The second-order valence-corrected chi connectivity index (χ2v) is 7.30. The van der Waals surface area contributed by atoms with Crippen molar-refractivity contribution in [3.05, 3.63) is 84.2 Å². The fourth-order valence-corrected chi connectivity index (χ4v) is 3.42. The van der Waals surface area contributed by atoms with Crippen molar-refractivity contribution >= 4 is 33.2 Å². The van der Waals surface area contributed by atoms with Crippen LogP contribution in [0.2, 0.25) is 0 Å². The molecule has 29 heavy (non-hydrogen) atoms. The van der Waals surface area contributed by atoms with Crippen LogP contribution in [0.3, 0.4) is 0 Å². The van der Waals surface area contributed by atoms with Crippen molar-refractivity contribution in [2.24, 2.45) is 0 Å². The average molecular weight is 384 g/mol. The van der Waals surface area contributed by atoms with E-state index >= 15 is 0 Å². The van der Waals surface area contributed by atoms with Crippen molar-refractivity contribution in [2.45, 2.75) is 32.9 Å². The number of benzene rings is 3. The molecule has 0 amide bonds. The number of nitrogens with one attached hydrogen (secondary N) is 1. The third kappa shape index (κ3) is 4.06. The SMILES string of the molecule is CC[C@@H](C)Nc1cc2cc(C(=O)OCc3ccccc3)ccc2c2cnccc12. The summed E-state index contributed by atoms with van der Waals surface area (Å²) in [4.78, 5) is 16.9. The summed E-state index contributed by atoms with van der Waals surface area (Å²) in [6, 6.07) is 19.9. The Morgan fingerprint density at radius 2 is 1.86 bits per heavy atom. The summed E-state index contributed by atoms with van der Waals surface area (Å²) < 4.78 is 5.50. The molecule has 1 N–H and O–H groups in total. The van der Waals surface area contributed by atoms with Gasteiger partial charge in [-0.3, -0.25) is 4.98 Å². The van der Waals surface area contributed by atoms with Gasteiger partial charge in [-0.25, -0.2) is 4.79 Å². The van der Waals surface area contributed by atoms with Crippen LogP contribution in [0.1, 0.15) is 36.2 Å². The number of nitrogens with zero attached hydrogens (tertiary/aromatic N) is 1. The van der Waals surface area contributed by atoms with Crippen LogP contribution in [-0.4, -0.2) is 17.0 Å². The van der Waals surface area contributed by atoms with E-state index in [1.54, 1.807) is 0 Å². The molecule has 0 aliphatic rings. The Bertz CT molecular complexity index is 1160. The van der Waals surface area contributed by atoms with E-state index in [0.29, 0.717) is 11.6 Å². The summed E-state index contributed by atoms with van der Waals surface area (Å²) in [5.74, 6) is -0.321. The molecule has 4 nitrogen and oxygen atoms in total. The van der Waals surface area contributed by atoms with Crippen molar-refractivity contribution in [1.29, 1.82) is 0 Å². The number of fused-ring (bicyclic) bond motifs is 3. The lowest BCUT2D eigenvalue weighted by Gasteiger charge is -2.17. The highest BCUT2D eigenvalue weighted by atomic mass is 16.5. The molecular formula is C25H24N2O2. The van der Waals surface area contributed by atoms with E-state index in [1.807, 2.05) is 67.0 Å². The Hall–Kier alpha value is -3.40. The lowest BCUT2D eigenvalue weighted by molar-refractivity contribution is 0.0473. The first kappa shape index (κ1) is 18.9. The maximum Gasteiger partial charge on any atom is 0.338 e. The average Bonchev–Trinajstić information content (AvgIpc) is 2.77. The molecule has 4 rings (SSSR count). The fraction of sp³-hybridized carbons (Fsp3) is 0.200. The molecule has 0 aliphatic carbocycles. The monoisotopic (exact) mass is 384 g/mol. The maximum atomic E-state index is 12.6. The Morgan fingerprint density at radius 1 is 1.03 bits per heavy atom. The fourth-order valence-electron chi connectivity index (χ4n) is 3.42. The zero-order valence-electron chi connectivity index (χ0n) is 16.7. The standard InChI is InChI=1S/C25H24N2O2/c1-3-17(2)27-24-14-20-13-19(25(28)29-16-18-7-5-4-6-8-18)9-10-21(20)23-15-26-12-11-22(23)24/h4-15,17,27H,3,16H2,1-2H3/t17-/m1/s1. The third-order valence-corrected chi connectivity index (χ3v) is 5.22. The molecule has 0 saturated carbocycles. The van der Waals surface area contributed by atoms with Gasteiger partial charge < -0.3 is 10.1 Å². The van der Waals surface area contributed by atoms with Gasteiger partial charge in [0.1, 0.15) is 6.61 Å². The van der Waals surface area contributed by atoms with Gasteiger partial charge in [-0.05, 0) is 53.9 Å². The van der Waals surface area contributed by atoms with Crippen molar-refractivity contribution in [3.63, 3.8) is 0 Å². The Morgan fingerprint density at radius 3 is 2.66 bits per heavy atom. The minimum Gasteiger partial charge on any atom is -0.457 e. The van der Waals surface area contributed by atoms with Crippen LogP contribution in [0.25, 0.3) is 21.5 Å². The van der Waals surface area contributed by atoms with Crippen LogP contribution in [0, 0.1) is 0 Å². The highest BCUT2D eigenvalue weighted by Crippen LogP contribution is 2.32. The van der Waals surface area contributed by atoms with Crippen molar-refractivity contribution < 1.29 is 9.53 Å². The summed E-state index contributed by atoms with van der Waals surface area (Å²) in [7, 11) is 0. The topological polar surface area (TPSA) is 51.2 Å². The molecule has 3 aromatic carbocycles. The molecule has 1 aromatic heterocycles. The molecule has 0 unspecified atom stereocenters. The predicted molar refractivity (Wildman–Crippen MR) is 118 cm³/mol. The second-order valence-electron chi connectivity index (χ2n) is 7.30. The molecule has 4 aromatic rings. The van der Waals surface area contributed by atoms with Crippen LogP contribution in [-0.2, 0) is 11.3 Å². The lowest BCUT2D eigenvalue weighted by Crippen LogP contribution is -2.13. The van der Waals surface area contributed by atoms with Crippen LogP contribution in [0.15, 0.2) is 73.1 Å². The number of aromatic nitrogens is 1. The number of anilines is 1. The molecule has 1 atom stereocenters. The van der Waals surface area contributed by atoms with E-state index in [0.717, 1.165) is 39.2 Å². The lowest BCUT2D eigenvalue weighted by atomic mass is 9.99. The summed E-state index contributed by atoms with van der Waals surface area (Å²) in [5.41, 5.74) is 2.57. The number of pyridine rings is 1. The van der Waals surface area contributed by atoms with E-state index < -0.39 is 0 Å². The van der Waals surface area contributed by atoms with Crippen LogP contribution in [0.5, 0.6) is 0 Å². The van der Waals surface area contributed by atoms with E-state index in [9.17, 15) is 4.79 Å².